The van der Waals surface area contributed by atoms with Crippen molar-refractivity contribution in [1.82, 2.24) is 10.0 Å². The number of hydrogen-bond acceptors (Lipinski definition) is 4. The topological polar surface area (TPSA) is 48.7 Å². The summed E-state index contributed by atoms with van der Waals surface area (Å²) in [7, 11) is 0. The van der Waals surface area contributed by atoms with Gasteiger partial charge < -0.3 is 0 Å². The number of hydroxylamine groups is 2. The first kappa shape index (κ1) is 10.7. The summed E-state index contributed by atoms with van der Waals surface area (Å²) in [6, 6.07) is 5.70. The molecule has 0 saturated heterocycles. The second kappa shape index (κ2) is 4.43. The van der Waals surface area contributed by atoms with E-state index in [0.717, 1.165) is 22.2 Å². The third-order valence-corrected chi connectivity index (χ3v) is 2.67. The van der Waals surface area contributed by atoms with E-state index in [2.05, 4.69) is 9.98 Å². The molecule has 1 aromatic rings. The Morgan fingerprint density at radius 1 is 1.06 bits per heavy atom. The summed E-state index contributed by atoms with van der Waals surface area (Å²) in [6.45, 7) is 0. The summed E-state index contributed by atoms with van der Waals surface area (Å²) in [5.41, 5.74) is 3.00. The normalized spacial score (nSPS) is 21.6. The van der Waals surface area contributed by atoms with Gasteiger partial charge in [0.2, 0.25) is 0 Å². The predicted molar refractivity (Wildman–Crippen MR) is 68.8 cm³/mol. The Hall–Kier alpha value is -2.46. The average molecular weight is 237 g/mol. The van der Waals surface area contributed by atoms with Crippen molar-refractivity contribution in [2.75, 3.05) is 0 Å². The van der Waals surface area contributed by atoms with E-state index in [-0.39, 0.29) is 0 Å². The summed E-state index contributed by atoms with van der Waals surface area (Å²) in [4.78, 5) is 8.71. The van der Waals surface area contributed by atoms with Crippen molar-refractivity contribution in [3.63, 3.8) is 0 Å². The highest BCUT2D eigenvalue weighted by atomic mass is 16.5. The van der Waals surface area contributed by atoms with Crippen molar-refractivity contribution in [2.24, 2.45) is 4.99 Å². The molecular formula is C14H11N3O. The zero-order chi connectivity index (χ0) is 12.4. The van der Waals surface area contributed by atoms with Gasteiger partial charge in [0.25, 0.3) is 0 Å². The monoisotopic (exact) mass is 237 g/mol. The molecule has 88 valence electrons. The van der Waals surface area contributed by atoms with Crippen LogP contribution < -0.4 is 0 Å². The fourth-order valence-electron chi connectivity index (χ4n) is 1.80. The number of aromatic nitrogens is 1. The molecule has 1 aromatic heterocycles. The van der Waals surface area contributed by atoms with Gasteiger partial charge in [0.15, 0.2) is 0 Å². The first-order valence-electron chi connectivity index (χ1n) is 5.60. The number of rotatable bonds is 1. The van der Waals surface area contributed by atoms with Crippen LogP contribution in [0.15, 0.2) is 77.4 Å². The Morgan fingerprint density at radius 3 is 2.78 bits per heavy atom. The molecule has 0 bridgehead atoms. The Labute approximate surface area is 105 Å². The van der Waals surface area contributed by atoms with Crippen LogP contribution >= 0.6 is 0 Å². The lowest BCUT2D eigenvalue weighted by molar-refractivity contribution is -0.00113. The molecule has 0 aromatic carbocycles. The molecule has 0 atom stereocenters. The number of hydrogen-bond donors (Lipinski definition) is 1. The zero-order valence-electron chi connectivity index (χ0n) is 9.56. The van der Waals surface area contributed by atoms with Gasteiger partial charge in [-0.2, -0.15) is 0 Å². The molecule has 0 fully saturated rings. The second-order valence-corrected chi connectivity index (χ2v) is 3.86. The minimum absolute atomic E-state index is 0.652. The molecule has 0 saturated carbocycles. The maximum absolute atomic E-state index is 9.70. The van der Waals surface area contributed by atoms with E-state index >= 15 is 0 Å². The molecule has 4 nitrogen and oxygen atoms in total. The van der Waals surface area contributed by atoms with Crippen LogP contribution in [0.4, 0.5) is 0 Å². The van der Waals surface area contributed by atoms with Gasteiger partial charge in [-0.1, -0.05) is 12.1 Å². The minimum atomic E-state index is 0.652. The highest BCUT2D eigenvalue weighted by molar-refractivity contribution is 6.10. The molecule has 0 amide bonds. The molecule has 1 N–H and O–H groups in total. The highest BCUT2D eigenvalue weighted by Crippen LogP contribution is 2.21. The van der Waals surface area contributed by atoms with Crippen LogP contribution in [-0.2, 0) is 0 Å². The first-order valence-corrected chi connectivity index (χ1v) is 5.60. The van der Waals surface area contributed by atoms with Crippen LogP contribution in [-0.4, -0.2) is 21.0 Å². The maximum Gasteiger partial charge on any atom is 0.0942 e. The molecule has 0 aliphatic carbocycles. The summed E-state index contributed by atoms with van der Waals surface area (Å²) in [5.74, 6) is 0. The predicted octanol–water partition coefficient (Wildman–Crippen LogP) is 2.43. The van der Waals surface area contributed by atoms with Crippen LogP contribution in [0.5, 0.6) is 0 Å². The summed E-state index contributed by atoms with van der Waals surface area (Å²) in [6.07, 6.45) is 12.5. The maximum atomic E-state index is 9.70. The SMILES string of the molecule is ON1C=CC=C/C1=C1\C=CC(c2ccccn2)=N1. The fourth-order valence-corrected chi connectivity index (χ4v) is 1.80. The lowest BCUT2D eigenvalue weighted by Crippen LogP contribution is -2.12. The molecule has 3 rings (SSSR count). The second-order valence-electron chi connectivity index (χ2n) is 3.86. The van der Waals surface area contributed by atoms with E-state index in [1.807, 2.05) is 42.5 Å². The van der Waals surface area contributed by atoms with Gasteiger partial charge in [0, 0.05) is 12.4 Å². The van der Waals surface area contributed by atoms with Crippen molar-refractivity contribution < 1.29 is 5.21 Å². The first-order chi connectivity index (χ1) is 8.84. The number of pyridine rings is 1. The number of aliphatic imine (C=N–C) groups is 1. The van der Waals surface area contributed by atoms with Gasteiger partial charge >= 0.3 is 0 Å². The molecule has 0 radical (unpaired) electrons. The highest BCUT2D eigenvalue weighted by Gasteiger charge is 2.14. The lowest BCUT2D eigenvalue weighted by atomic mass is 10.2. The average Bonchev–Trinajstić information content (AvgIpc) is 2.90. The Bertz CT molecular complexity index is 609. The largest absolute Gasteiger partial charge is 0.284 e. The Kier molecular flexibility index (Phi) is 2.63. The van der Waals surface area contributed by atoms with Gasteiger partial charge in [-0.25, -0.2) is 10.1 Å². The van der Waals surface area contributed by atoms with Crippen molar-refractivity contribution in [3.8, 4) is 0 Å². The van der Waals surface area contributed by atoms with Crippen molar-refractivity contribution in [2.45, 2.75) is 0 Å². The Morgan fingerprint density at radius 2 is 2.00 bits per heavy atom. The van der Waals surface area contributed by atoms with E-state index in [1.165, 1.54) is 0 Å². The van der Waals surface area contributed by atoms with Crippen LogP contribution in [0.2, 0.25) is 0 Å². The van der Waals surface area contributed by atoms with Gasteiger partial charge in [0.05, 0.1) is 22.8 Å². The van der Waals surface area contributed by atoms with E-state index < -0.39 is 0 Å². The molecule has 4 heteroatoms. The van der Waals surface area contributed by atoms with Crippen molar-refractivity contribution in [1.29, 1.82) is 0 Å². The van der Waals surface area contributed by atoms with E-state index in [0.29, 0.717) is 5.70 Å². The van der Waals surface area contributed by atoms with E-state index in [4.69, 9.17) is 0 Å². The third kappa shape index (κ3) is 1.89. The quantitative estimate of drug-likeness (QED) is 0.816. The standard InChI is InChI=1S/C14H11N3O/c18-17-10-4-2-6-14(17)13-8-7-12(16-13)11-5-1-3-9-15-11/h1-10,18H/b14-13-. The van der Waals surface area contributed by atoms with Crippen molar-refractivity contribution >= 4 is 5.71 Å². The summed E-state index contributed by atoms with van der Waals surface area (Å²) < 4.78 is 0. The fraction of sp³-hybridized carbons (Fsp3) is 0. The van der Waals surface area contributed by atoms with Gasteiger partial charge in [-0.15, -0.1) is 0 Å². The third-order valence-electron chi connectivity index (χ3n) is 2.67. The van der Waals surface area contributed by atoms with Crippen LogP contribution in [0, 0.1) is 0 Å². The summed E-state index contributed by atoms with van der Waals surface area (Å²) in [5, 5.41) is 10.8. The van der Waals surface area contributed by atoms with Crippen LogP contribution in [0.3, 0.4) is 0 Å². The van der Waals surface area contributed by atoms with Crippen LogP contribution in [0.1, 0.15) is 5.69 Å². The molecule has 3 heterocycles. The van der Waals surface area contributed by atoms with E-state index in [9.17, 15) is 5.21 Å². The lowest BCUT2D eigenvalue weighted by Gasteiger charge is -2.16. The Balaban J connectivity index is 1.98. The van der Waals surface area contributed by atoms with Crippen LogP contribution in [0.25, 0.3) is 0 Å². The molecular weight excluding hydrogens is 226 g/mol. The van der Waals surface area contributed by atoms with E-state index in [1.54, 1.807) is 18.5 Å². The molecule has 0 unspecified atom stereocenters. The van der Waals surface area contributed by atoms with Crippen molar-refractivity contribution in [3.05, 3.63) is 78.1 Å². The molecule has 2 aliphatic heterocycles. The number of allylic oxidation sites excluding steroid dienone is 5. The van der Waals surface area contributed by atoms with Gasteiger partial charge in [-0.05, 0) is 36.4 Å². The number of nitrogens with zero attached hydrogens (tertiary/aromatic N) is 3. The minimum Gasteiger partial charge on any atom is -0.284 e. The molecule has 0 spiro atoms. The van der Waals surface area contributed by atoms with Gasteiger partial charge in [-0.3, -0.25) is 10.2 Å². The molecule has 2 aliphatic rings. The summed E-state index contributed by atoms with van der Waals surface area (Å²) >= 11 is 0. The smallest absolute Gasteiger partial charge is 0.0942 e. The zero-order valence-corrected chi connectivity index (χ0v) is 9.56. The van der Waals surface area contributed by atoms with Gasteiger partial charge in [0.1, 0.15) is 0 Å². The molecule has 18 heavy (non-hydrogen) atoms.